The molecule has 1 aromatic heterocycles. The topological polar surface area (TPSA) is 68.3 Å². The Labute approximate surface area is 128 Å². The predicted molar refractivity (Wildman–Crippen MR) is 73.2 cm³/mol. The molecule has 0 bridgehead atoms. The van der Waals surface area contributed by atoms with Crippen LogP contribution in [0.4, 0.5) is 18.9 Å². The molecule has 0 saturated carbocycles. The summed E-state index contributed by atoms with van der Waals surface area (Å²) in [5, 5.41) is -0.0527. The number of rotatable bonds is 4. The lowest BCUT2D eigenvalue weighted by Gasteiger charge is -2.11. The molecule has 2 rings (SSSR count). The van der Waals surface area contributed by atoms with Crippen LogP contribution in [0.25, 0.3) is 0 Å². The molecule has 0 aliphatic carbocycles. The average molecular weight is 353 g/mol. The molecule has 10 heteroatoms. The first-order valence-electron chi connectivity index (χ1n) is 5.66. The number of sulfonamides is 1. The minimum absolute atomic E-state index is 0.0527. The molecule has 0 radical (unpaired) electrons. The summed E-state index contributed by atoms with van der Waals surface area (Å²) >= 11 is 5.73. The molecule has 0 aliphatic rings. The highest BCUT2D eigenvalue weighted by molar-refractivity contribution is 7.92. The van der Waals surface area contributed by atoms with Gasteiger partial charge in [-0.25, -0.2) is 13.4 Å². The van der Waals surface area contributed by atoms with Crippen LogP contribution in [0, 0.1) is 0 Å². The molecule has 118 valence electrons. The van der Waals surface area contributed by atoms with Gasteiger partial charge in [-0.1, -0.05) is 11.6 Å². The molecule has 0 aliphatic heterocycles. The van der Waals surface area contributed by atoms with E-state index in [0.717, 1.165) is 24.3 Å². The minimum Gasteiger partial charge on any atom is -0.406 e. The van der Waals surface area contributed by atoms with Crippen molar-refractivity contribution in [2.45, 2.75) is 11.3 Å². The molecule has 0 atom stereocenters. The monoisotopic (exact) mass is 352 g/mol. The Kier molecular flexibility index (Phi) is 4.47. The van der Waals surface area contributed by atoms with Gasteiger partial charge in [0.05, 0.1) is 10.6 Å². The van der Waals surface area contributed by atoms with Crippen molar-refractivity contribution < 1.29 is 26.3 Å². The molecule has 22 heavy (non-hydrogen) atoms. The Morgan fingerprint density at radius 2 is 1.77 bits per heavy atom. The maximum absolute atomic E-state index is 12.1. The van der Waals surface area contributed by atoms with Crippen molar-refractivity contribution in [2.75, 3.05) is 4.72 Å². The van der Waals surface area contributed by atoms with Gasteiger partial charge in [-0.05, 0) is 36.4 Å². The van der Waals surface area contributed by atoms with Gasteiger partial charge in [0, 0.05) is 6.20 Å². The van der Waals surface area contributed by atoms with E-state index in [1.54, 1.807) is 0 Å². The van der Waals surface area contributed by atoms with Crippen LogP contribution in [-0.2, 0) is 10.0 Å². The first-order chi connectivity index (χ1) is 10.2. The maximum atomic E-state index is 12.1. The lowest BCUT2D eigenvalue weighted by molar-refractivity contribution is -0.274. The van der Waals surface area contributed by atoms with Crippen molar-refractivity contribution in [1.82, 2.24) is 4.98 Å². The van der Waals surface area contributed by atoms with Crippen LogP contribution in [0.1, 0.15) is 0 Å². The Morgan fingerprint density at radius 1 is 1.14 bits per heavy atom. The second kappa shape index (κ2) is 6.01. The summed E-state index contributed by atoms with van der Waals surface area (Å²) in [5.41, 5.74) is 0.0554. The molecule has 0 spiro atoms. The number of alkyl halides is 3. The molecule has 1 N–H and O–H groups in total. The van der Waals surface area contributed by atoms with Crippen molar-refractivity contribution in [3.8, 4) is 5.75 Å². The van der Waals surface area contributed by atoms with Gasteiger partial charge in [0.25, 0.3) is 10.0 Å². The van der Waals surface area contributed by atoms with Crippen LogP contribution in [0.15, 0.2) is 47.5 Å². The number of ether oxygens (including phenoxy) is 1. The largest absolute Gasteiger partial charge is 0.573 e. The van der Waals surface area contributed by atoms with E-state index < -0.39 is 22.1 Å². The van der Waals surface area contributed by atoms with Crippen molar-refractivity contribution in [3.63, 3.8) is 0 Å². The lowest BCUT2D eigenvalue weighted by atomic mass is 10.3. The third-order valence-electron chi connectivity index (χ3n) is 2.37. The lowest BCUT2D eigenvalue weighted by Crippen LogP contribution is -2.17. The van der Waals surface area contributed by atoms with E-state index in [9.17, 15) is 21.6 Å². The van der Waals surface area contributed by atoms with E-state index in [-0.39, 0.29) is 15.7 Å². The van der Waals surface area contributed by atoms with Crippen LogP contribution < -0.4 is 9.46 Å². The number of anilines is 1. The molecule has 0 unspecified atom stereocenters. The van der Waals surface area contributed by atoms with E-state index in [2.05, 4.69) is 14.4 Å². The molecule has 0 amide bonds. The van der Waals surface area contributed by atoms with E-state index in [1.807, 2.05) is 0 Å². The fourth-order valence-electron chi connectivity index (χ4n) is 1.49. The zero-order valence-corrected chi connectivity index (χ0v) is 12.2. The van der Waals surface area contributed by atoms with E-state index in [4.69, 9.17) is 11.6 Å². The summed E-state index contributed by atoms with van der Waals surface area (Å²) in [6.07, 6.45) is -3.47. The quantitative estimate of drug-likeness (QED) is 0.856. The van der Waals surface area contributed by atoms with Gasteiger partial charge in [-0.2, -0.15) is 0 Å². The normalized spacial score (nSPS) is 12.0. The second-order valence-electron chi connectivity index (χ2n) is 3.97. The highest BCUT2D eigenvalue weighted by Crippen LogP contribution is 2.26. The summed E-state index contributed by atoms with van der Waals surface area (Å²) in [5.74, 6) is -0.522. The SMILES string of the molecule is O=S(=O)(Nc1cccnc1Cl)c1ccc(OC(F)(F)F)cc1. The number of hydrogen-bond acceptors (Lipinski definition) is 4. The van der Waals surface area contributed by atoms with E-state index in [1.165, 1.54) is 18.3 Å². The number of nitrogens with zero attached hydrogens (tertiary/aromatic N) is 1. The summed E-state index contributed by atoms with van der Waals surface area (Å²) in [7, 11) is -4.01. The Morgan fingerprint density at radius 3 is 2.32 bits per heavy atom. The Hall–Kier alpha value is -2.00. The standard InChI is InChI=1S/C12H8ClF3N2O3S/c13-11-10(2-1-7-17-11)18-22(19,20)9-5-3-8(4-6-9)21-12(14,15)16/h1-7,18H. The molecule has 0 fully saturated rings. The van der Waals surface area contributed by atoms with Gasteiger partial charge >= 0.3 is 6.36 Å². The van der Waals surface area contributed by atoms with Crippen LogP contribution in [0.5, 0.6) is 5.75 Å². The van der Waals surface area contributed by atoms with Crippen LogP contribution in [0.2, 0.25) is 5.15 Å². The zero-order chi connectivity index (χ0) is 16.4. The predicted octanol–water partition coefficient (Wildman–Crippen LogP) is 3.43. The van der Waals surface area contributed by atoms with E-state index in [0.29, 0.717) is 0 Å². The fourth-order valence-corrected chi connectivity index (χ4v) is 2.78. The van der Waals surface area contributed by atoms with Gasteiger partial charge in [-0.3, -0.25) is 4.72 Å². The summed E-state index contributed by atoms with van der Waals surface area (Å²) in [6, 6.07) is 6.62. The molecular weight excluding hydrogens is 345 g/mol. The van der Waals surface area contributed by atoms with Gasteiger partial charge in [0.15, 0.2) is 5.15 Å². The van der Waals surface area contributed by atoms with Crippen LogP contribution in [0.3, 0.4) is 0 Å². The van der Waals surface area contributed by atoms with E-state index >= 15 is 0 Å². The number of nitrogens with one attached hydrogen (secondary N) is 1. The van der Waals surface area contributed by atoms with Crippen molar-refractivity contribution in [3.05, 3.63) is 47.7 Å². The highest BCUT2D eigenvalue weighted by Gasteiger charge is 2.31. The summed E-state index contributed by atoms with van der Waals surface area (Å²) in [6.45, 7) is 0. The third-order valence-corrected chi connectivity index (χ3v) is 4.05. The number of pyridine rings is 1. The van der Waals surface area contributed by atoms with Crippen LogP contribution in [-0.4, -0.2) is 19.8 Å². The minimum atomic E-state index is -4.85. The number of halogens is 4. The molecule has 1 heterocycles. The Bertz CT molecular complexity index is 764. The molecule has 2 aromatic rings. The van der Waals surface area contributed by atoms with Gasteiger partial charge in [0.1, 0.15) is 5.75 Å². The van der Waals surface area contributed by atoms with Crippen molar-refractivity contribution in [1.29, 1.82) is 0 Å². The molecule has 5 nitrogen and oxygen atoms in total. The molecule has 0 saturated heterocycles. The molecule has 1 aromatic carbocycles. The van der Waals surface area contributed by atoms with Crippen molar-refractivity contribution in [2.24, 2.45) is 0 Å². The highest BCUT2D eigenvalue weighted by atomic mass is 35.5. The Balaban J connectivity index is 2.22. The third kappa shape index (κ3) is 4.25. The molecular formula is C12H8ClF3N2O3S. The summed E-state index contributed by atoms with van der Waals surface area (Å²) in [4.78, 5) is 3.46. The number of aromatic nitrogens is 1. The number of benzene rings is 1. The number of hydrogen-bond donors (Lipinski definition) is 1. The van der Waals surface area contributed by atoms with Gasteiger partial charge in [-0.15, -0.1) is 13.2 Å². The average Bonchev–Trinajstić information content (AvgIpc) is 2.40. The first kappa shape index (κ1) is 16.4. The summed E-state index contributed by atoms with van der Waals surface area (Å²) < 4.78 is 66.1. The fraction of sp³-hybridized carbons (Fsp3) is 0.0833. The first-order valence-corrected chi connectivity index (χ1v) is 7.53. The zero-order valence-electron chi connectivity index (χ0n) is 10.6. The smallest absolute Gasteiger partial charge is 0.406 e. The second-order valence-corrected chi connectivity index (χ2v) is 6.01. The van der Waals surface area contributed by atoms with Gasteiger partial charge in [0.2, 0.25) is 0 Å². The van der Waals surface area contributed by atoms with Gasteiger partial charge < -0.3 is 4.74 Å². The van der Waals surface area contributed by atoms with Crippen molar-refractivity contribution >= 4 is 27.3 Å². The van der Waals surface area contributed by atoms with Crippen LogP contribution >= 0.6 is 11.6 Å². The maximum Gasteiger partial charge on any atom is 0.573 e.